The average Bonchev–Trinajstić information content (AvgIpc) is 3.05. The number of H-pyrrole nitrogens is 1. The Labute approximate surface area is 145 Å². The maximum atomic E-state index is 11.5. The highest BCUT2D eigenvalue weighted by molar-refractivity contribution is 6.01. The van der Waals surface area contributed by atoms with E-state index >= 15 is 0 Å². The van der Waals surface area contributed by atoms with Gasteiger partial charge in [0.25, 0.3) is 0 Å². The number of carbonyl (C=O) groups is 1. The van der Waals surface area contributed by atoms with Crippen LogP contribution in [0.3, 0.4) is 0 Å². The first-order valence-corrected chi connectivity index (χ1v) is 8.36. The van der Waals surface area contributed by atoms with Gasteiger partial charge in [0.05, 0.1) is 18.1 Å². The third-order valence-electron chi connectivity index (χ3n) is 4.73. The number of nitrogens with zero attached hydrogens (tertiary/aromatic N) is 3. The van der Waals surface area contributed by atoms with Crippen molar-refractivity contribution in [3.63, 3.8) is 0 Å². The summed E-state index contributed by atoms with van der Waals surface area (Å²) >= 11 is 0. The molecule has 3 heterocycles. The van der Waals surface area contributed by atoms with Crippen molar-refractivity contribution in [3.8, 4) is 11.3 Å². The number of piperidine rings is 1. The number of aromatic nitrogens is 3. The summed E-state index contributed by atoms with van der Waals surface area (Å²) in [5, 5.41) is 0.906. The van der Waals surface area contributed by atoms with Gasteiger partial charge in [0.2, 0.25) is 5.91 Å². The third kappa shape index (κ3) is 2.94. The van der Waals surface area contributed by atoms with Gasteiger partial charge in [0.1, 0.15) is 5.82 Å². The smallest absolute Gasteiger partial charge is 0.248 e. The first-order valence-electron chi connectivity index (χ1n) is 8.36. The third-order valence-corrected chi connectivity index (χ3v) is 4.73. The predicted octanol–water partition coefficient (Wildman–Crippen LogP) is 1.65. The van der Waals surface area contributed by atoms with Crippen molar-refractivity contribution in [2.75, 3.05) is 18.0 Å². The second-order valence-electron chi connectivity index (χ2n) is 6.41. The second kappa shape index (κ2) is 6.18. The summed E-state index contributed by atoms with van der Waals surface area (Å²) in [6.45, 7) is 1.78. The van der Waals surface area contributed by atoms with E-state index in [4.69, 9.17) is 16.5 Å². The number of fused-ring (bicyclic) bond motifs is 1. The minimum absolute atomic E-state index is 0.272. The van der Waals surface area contributed by atoms with Crippen LogP contribution in [0.1, 0.15) is 23.2 Å². The van der Waals surface area contributed by atoms with Crippen molar-refractivity contribution in [3.05, 3.63) is 42.4 Å². The minimum atomic E-state index is -0.446. The quantitative estimate of drug-likeness (QED) is 0.673. The number of hydrogen-bond donors (Lipinski definition) is 3. The summed E-state index contributed by atoms with van der Waals surface area (Å²) < 4.78 is 0. The normalized spacial score (nSPS) is 15.6. The van der Waals surface area contributed by atoms with E-state index in [2.05, 4.69) is 14.9 Å². The number of nitrogens with one attached hydrogen (secondary N) is 1. The molecule has 1 aliphatic heterocycles. The van der Waals surface area contributed by atoms with Gasteiger partial charge in [-0.3, -0.25) is 9.78 Å². The van der Waals surface area contributed by atoms with Gasteiger partial charge in [-0.25, -0.2) is 4.98 Å². The molecule has 0 atom stereocenters. The molecule has 0 bridgehead atoms. The lowest BCUT2D eigenvalue weighted by Gasteiger charge is -2.30. The molecular weight excluding hydrogens is 316 g/mol. The topological polar surface area (TPSA) is 114 Å². The molecule has 5 N–H and O–H groups in total. The molecule has 0 unspecified atom stereocenters. The van der Waals surface area contributed by atoms with E-state index in [1.807, 2.05) is 12.3 Å². The number of hydrogen-bond acceptors (Lipinski definition) is 5. The van der Waals surface area contributed by atoms with Crippen LogP contribution in [0.4, 0.5) is 5.82 Å². The van der Waals surface area contributed by atoms with Crippen LogP contribution in [0.15, 0.2) is 36.8 Å². The Bertz CT molecular complexity index is 926. The van der Waals surface area contributed by atoms with Crippen molar-refractivity contribution in [2.45, 2.75) is 18.9 Å². The first kappa shape index (κ1) is 15.6. The van der Waals surface area contributed by atoms with Crippen molar-refractivity contribution >= 4 is 22.6 Å². The summed E-state index contributed by atoms with van der Waals surface area (Å²) in [6, 6.07) is 5.62. The van der Waals surface area contributed by atoms with Gasteiger partial charge in [0.15, 0.2) is 0 Å². The van der Waals surface area contributed by atoms with Crippen LogP contribution in [-0.4, -0.2) is 40.0 Å². The van der Waals surface area contributed by atoms with E-state index in [-0.39, 0.29) is 6.04 Å². The maximum Gasteiger partial charge on any atom is 0.248 e. The predicted molar refractivity (Wildman–Crippen MR) is 97.3 cm³/mol. The van der Waals surface area contributed by atoms with Crippen molar-refractivity contribution in [1.29, 1.82) is 0 Å². The number of rotatable bonds is 3. The van der Waals surface area contributed by atoms with Gasteiger partial charge >= 0.3 is 0 Å². The molecule has 0 saturated carbocycles. The highest BCUT2D eigenvalue weighted by Crippen LogP contribution is 2.29. The van der Waals surface area contributed by atoms with Crippen LogP contribution < -0.4 is 16.4 Å². The van der Waals surface area contributed by atoms with Crippen LogP contribution in [0.25, 0.3) is 22.2 Å². The van der Waals surface area contributed by atoms with Crippen LogP contribution in [-0.2, 0) is 0 Å². The van der Waals surface area contributed by atoms with E-state index in [0.717, 1.165) is 53.9 Å². The molecule has 1 aromatic carbocycles. The van der Waals surface area contributed by atoms with Crippen LogP contribution >= 0.6 is 0 Å². The fourth-order valence-electron chi connectivity index (χ4n) is 3.25. The zero-order chi connectivity index (χ0) is 17.4. The molecule has 1 saturated heterocycles. The molecule has 4 rings (SSSR count). The van der Waals surface area contributed by atoms with Crippen LogP contribution in [0.5, 0.6) is 0 Å². The standard InChI is InChI=1S/C18H20N6O/c19-12-3-5-24(6-4-12)17-10-21-9-16(23-17)14-8-22-15-2-1-11(18(20)25)7-13(14)15/h1-2,7-10,12,22H,3-6,19H2,(H2,20,25). The fraction of sp³-hybridized carbons (Fsp3) is 0.278. The Morgan fingerprint density at radius 1 is 1.24 bits per heavy atom. The Morgan fingerprint density at radius 3 is 2.80 bits per heavy atom. The number of carbonyl (C=O) groups excluding carboxylic acids is 1. The molecule has 0 radical (unpaired) electrons. The van der Waals surface area contributed by atoms with Crippen LogP contribution in [0, 0.1) is 0 Å². The number of aromatic amines is 1. The van der Waals surface area contributed by atoms with Crippen molar-refractivity contribution in [2.24, 2.45) is 11.5 Å². The molecule has 1 aliphatic rings. The van der Waals surface area contributed by atoms with Gasteiger partial charge in [0, 0.05) is 47.4 Å². The summed E-state index contributed by atoms with van der Waals surface area (Å²) in [4.78, 5) is 26.0. The number of primary amides is 1. The summed E-state index contributed by atoms with van der Waals surface area (Å²) in [7, 11) is 0. The van der Waals surface area contributed by atoms with E-state index in [9.17, 15) is 4.79 Å². The van der Waals surface area contributed by atoms with E-state index in [1.165, 1.54) is 0 Å². The molecule has 7 nitrogen and oxygen atoms in total. The molecule has 128 valence electrons. The maximum absolute atomic E-state index is 11.5. The van der Waals surface area contributed by atoms with Crippen LogP contribution in [0.2, 0.25) is 0 Å². The lowest BCUT2D eigenvalue weighted by molar-refractivity contribution is 0.100. The lowest BCUT2D eigenvalue weighted by Crippen LogP contribution is -2.40. The molecule has 3 aromatic rings. The summed E-state index contributed by atoms with van der Waals surface area (Å²) in [6.07, 6.45) is 7.32. The largest absolute Gasteiger partial charge is 0.366 e. The SMILES string of the molecule is NC(=O)c1ccc2[nH]cc(-c3cncc(N4CCC(N)CC4)n3)c2c1. The van der Waals surface area contributed by atoms with Gasteiger partial charge in [-0.2, -0.15) is 0 Å². The second-order valence-corrected chi connectivity index (χ2v) is 6.41. The zero-order valence-electron chi connectivity index (χ0n) is 13.8. The highest BCUT2D eigenvalue weighted by Gasteiger charge is 2.18. The molecule has 2 aromatic heterocycles. The molecule has 0 aliphatic carbocycles. The number of amides is 1. The number of anilines is 1. The van der Waals surface area contributed by atoms with E-state index < -0.39 is 5.91 Å². The summed E-state index contributed by atoms with van der Waals surface area (Å²) in [5.74, 6) is 0.406. The average molecular weight is 336 g/mol. The van der Waals surface area contributed by atoms with Gasteiger partial charge in [-0.1, -0.05) is 0 Å². The van der Waals surface area contributed by atoms with Gasteiger partial charge in [-0.05, 0) is 31.0 Å². The highest BCUT2D eigenvalue weighted by atomic mass is 16.1. The number of nitrogens with two attached hydrogens (primary N) is 2. The summed E-state index contributed by atoms with van der Waals surface area (Å²) in [5.41, 5.74) is 14.4. The molecule has 1 amide bonds. The van der Waals surface area contributed by atoms with E-state index in [0.29, 0.717) is 5.56 Å². The van der Waals surface area contributed by atoms with Crippen molar-refractivity contribution in [1.82, 2.24) is 15.0 Å². The lowest BCUT2D eigenvalue weighted by atomic mass is 10.1. The first-order chi connectivity index (χ1) is 12.1. The molecular formula is C18H20N6O. The Balaban J connectivity index is 1.72. The molecule has 1 fully saturated rings. The van der Waals surface area contributed by atoms with Gasteiger partial charge in [-0.15, -0.1) is 0 Å². The fourth-order valence-corrected chi connectivity index (χ4v) is 3.25. The molecule has 0 spiro atoms. The zero-order valence-corrected chi connectivity index (χ0v) is 13.8. The monoisotopic (exact) mass is 336 g/mol. The Morgan fingerprint density at radius 2 is 2.04 bits per heavy atom. The Kier molecular flexibility index (Phi) is 3.85. The van der Waals surface area contributed by atoms with Crippen molar-refractivity contribution < 1.29 is 4.79 Å². The molecule has 7 heteroatoms. The number of benzene rings is 1. The van der Waals surface area contributed by atoms with Gasteiger partial charge < -0.3 is 21.4 Å². The van der Waals surface area contributed by atoms with E-state index in [1.54, 1.807) is 24.5 Å². The minimum Gasteiger partial charge on any atom is -0.366 e. The molecule has 25 heavy (non-hydrogen) atoms. The Hall–Kier alpha value is -2.93.